The highest BCUT2D eigenvalue weighted by atomic mass is 14.8. The topological polar surface area (TPSA) is 76.3 Å². The summed E-state index contributed by atoms with van der Waals surface area (Å²) in [4.78, 5) is 7.11. The molecule has 4 heteroatoms. The van der Waals surface area contributed by atoms with Crippen molar-refractivity contribution in [3.05, 3.63) is 35.7 Å². The Kier molecular flexibility index (Phi) is 2.19. The number of fused-ring (bicyclic) bond motifs is 1. The Bertz CT molecular complexity index is 591. The Labute approximate surface area is 86.1 Å². The highest BCUT2D eigenvalue weighted by Crippen LogP contribution is 2.13. The average Bonchev–Trinajstić information content (AvgIpc) is 2.73. The van der Waals surface area contributed by atoms with Gasteiger partial charge in [0.15, 0.2) is 0 Å². The van der Waals surface area contributed by atoms with E-state index in [1.165, 1.54) is 6.08 Å². The average molecular weight is 194 g/mol. The minimum absolute atomic E-state index is 0.0756. The smallest absolute Gasteiger partial charge is 0.137 e. The van der Waals surface area contributed by atoms with Crippen molar-refractivity contribution < 1.29 is 0 Å². The van der Waals surface area contributed by atoms with Crippen molar-refractivity contribution in [3.8, 4) is 12.1 Å². The summed E-state index contributed by atoms with van der Waals surface area (Å²) in [5.41, 5.74) is 1.62. The zero-order chi connectivity index (χ0) is 10.7. The highest BCUT2D eigenvalue weighted by molar-refractivity contribution is 5.78. The van der Waals surface area contributed by atoms with Crippen molar-refractivity contribution in [3.63, 3.8) is 0 Å². The number of allylic oxidation sites excluding steroid dienone is 1. The predicted molar refractivity (Wildman–Crippen MR) is 55.3 cm³/mol. The van der Waals surface area contributed by atoms with Crippen LogP contribution in [0.3, 0.4) is 0 Å². The first-order chi connectivity index (χ1) is 7.33. The van der Waals surface area contributed by atoms with Gasteiger partial charge >= 0.3 is 0 Å². The number of nitrogens with one attached hydrogen (secondary N) is 1. The number of H-pyrrole nitrogens is 1. The summed E-state index contributed by atoms with van der Waals surface area (Å²) in [7, 11) is 0. The molecule has 2 rings (SSSR count). The molecule has 0 aliphatic heterocycles. The molecule has 0 saturated carbocycles. The molecule has 1 N–H and O–H groups in total. The van der Waals surface area contributed by atoms with E-state index >= 15 is 0 Å². The van der Waals surface area contributed by atoms with Crippen LogP contribution >= 0.6 is 0 Å². The summed E-state index contributed by atoms with van der Waals surface area (Å²) in [6.45, 7) is 0. The van der Waals surface area contributed by atoms with E-state index < -0.39 is 0 Å². The lowest BCUT2D eigenvalue weighted by Crippen LogP contribution is -1.80. The van der Waals surface area contributed by atoms with E-state index in [9.17, 15) is 0 Å². The molecule has 15 heavy (non-hydrogen) atoms. The second-order valence-electron chi connectivity index (χ2n) is 2.97. The minimum atomic E-state index is 0.0756. The van der Waals surface area contributed by atoms with Crippen molar-refractivity contribution in [2.24, 2.45) is 0 Å². The molecule has 0 radical (unpaired) electrons. The lowest BCUT2D eigenvalue weighted by molar-refractivity contribution is 1.32. The fraction of sp³-hybridized carbons (Fsp3) is 0. The van der Waals surface area contributed by atoms with E-state index in [0.29, 0.717) is 0 Å². The number of aromatic nitrogens is 2. The molecule has 0 saturated heterocycles. The van der Waals surface area contributed by atoms with Crippen LogP contribution in [0, 0.1) is 22.7 Å². The van der Waals surface area contributed by atoms with E-state index in [2.05, 4.69) is 9.97 Å². The van der Waals surface area contributed by atoms with Gasteiger partial charge in [0.25, 0.3) is 0 Å². The van der Waals surface area contributed by atoms with Gasteiger partial charge in [0.1, 0.15) is 23.4 Å². The van der Waals surface area contributed by atoms with Crippen LogP contribution in [0.5, 0.6) is 0 Å². The van der Waals surface area contributed by atoms with Crippen molar-refractivity contribution in [2.75, 3.05) is 0 Å². The Balaban J connectivity index is 2.51. The summed E-state index contributed by atoms with van der Waals surface area (Å²) in [6.07, 6.45) is 4.92. The third-order valence-corrected chi connectivity index (χ3v) is 1.97. The molecule has 0 atom stereocenters. The van der Waals surface area contributed by atoms with Crippen molar-refractivity contribution in [1.82, 2.24) is 9.97 Å². The molecular weight excluding hydrogens is 188 g/mol. The first-order valence-corrected chi connectivity index (χ1v) is 4.28. The Hall–Kier alpha value is -2.59. The van der Waals surface area contributed by atoms with Crippen LogP contribution in [-0.4, -0.2) is 9.97 Å². The number of hydrogen-bond acceptors (Lipinski definition) is 3. The Morgan fingerprint density at radius 3 is 2.93 bits per heavy atom. The maximum Gasteiger partial charge on any atom is 0.137 e. The number of rotatable bonds is 1. The molecule has 2 heterocycles. The van der Waals surface area contributed by atoms with E-state index in [0.717, 1.165) is 16.6 Å². The zero-order valence-corrected chi connectivity index (χ0v) is 7.73. The standard InChI is InChI=1S/C11H6N4/c12-5-9(6-13)3-8-4-10-1-2-14-11(10)15-7-8/h1-4,7H,(H,14,15). The molecule has 0 unspecified atom stereocenters. The third-order valence-electron chi connectivity index (χ3n) is 1.97. The summed E-state index contributed by atoms with van der Waals surface area (Å²) in [5, 5.41) is 18.1. The van der Waals surface area contributed by atoms with E-state index in [1.54, 1.807) is 24.5 Å². The summed E-state index contributed by atoms with van der Waals surface area (Å²) in [6, 6.07) is 7.37. The lowest BCUT2D eigenvalue weighted by Gasteiger charge is -1.92. The molecule has 4 nitrogen and oxygen atoms in total. The first-order valence-electron chi connectivity index (χ1n) is 4.28. The molecule has 0 bridgehead atoms. The van der Waals surface area contributed by atoms with Crippen molar-refractivity contribution in [1.29, 1.82) is 10.5 Å². The maximum absolute atomic E-state index is 8.59. The molecule has 0 aromatic carbocycles. The lowest BCUT2D eigenvalue weighted by atomic mass is 10.2. The number of aromatic amines is 1. The fourth-order valence-corrected chi connectivity index (χ4v) is 1.29. The molecule has 2 aromatic heterocycles. The summed E-state index contributed by atoms with van der Waals surface area (Å²) in [5.74, 6) is 0. The Morgan fingerprint density at radius 1 is 1.40 bits per heavy atom. The van der Waals surface area contributed by atoms with Gasteiger partial charge < -0.3 is 4.98 Å². The molecule has 2 aromatic rings. The molecule has 0 fully saturated rings. The maximum atomic E-state index is 8.59. The first kappa shape index (κ1) is 8.98. The second kappa shape index (κ2) is 3.65. The highest BCUT2D eigenvalue weighted by Gasteiger charge is 1.98. The zero-order valence-electron chi connectivity index (χ0n) is 7.73. The van der Waals surface area contributed by atoms with Crippen molar-refractivity contribution in [2.45, 2.75) is 0 Å². The van der Waals surface area contributed by atoms with Crippen LogP contribution < -0.4 is 0 Å². The summed E-state index contributed by atoms with van der Waals surface area (Å²) < 4.78 is 0. The third kappa shape index (κ3) is 1.70. The Morgan fingerprint density at radius 2 is 2.20 bits per heavy atom. The number of hydrogen-bond donors (Lipinski definition) is 1. The normalized spacial score (nSPS) is 9.20. The minimum Gasteiger partial charge on any atom is -0.346 e. The van der Waals surface area contributed by atoms with Crippen LogP contribution in [-0.2, 0) is 0 Å². The largest absolute Gasteiger partial charge is 0.346 e. The molecule has 70 valence electrons. The van der Waals surface area contributed by atoms with E-state index in [4.69, 9.17) is 10.5 Å². The van der Waals surface area contributed by atoms with Crippen LogP contribution in [0.1, 0.15) is 5.56 Å². The van der Waals surface area contributed by atoms with Gasteiger partial charge in [0.2, 0.25) is 0 Å². The van der Waals surface area contributed by atoms with Crippen LogP contribution in [0.2, 0.25) is 0 Å². The molecular formula is C11H6N4. The van der Waals surface area contributed by atoms with E-state index in [-0.39, 0.29) is 5.57 Å². The monoisotopic (exact) mass is 194 g/mol. The van der Waals surface area contributed by atoms with E-state index in [1.807, 2.05) is 12.1 Å². The van der Waals surface area contributed by atoms with Crippen LogP contribution in [0.4, 0.5) is 0 Å². The van der Waals surface area contributed by atoms with Gasteiger partial charge in [0, 0.05) is 17.8 Å². The second-order valence-corrected chi connectivity index (χ2v) is 2.97. The van der Waals surface area contributed by atoms with Crippen LogP contribution in [0.25, 0.3) is 17.1 Å². The fourth-order valence-electron chi connectivity index (χ4n) is 1.29. The van der Waals surface area contributed by atoms with Gasteiger partial charge in [-0.3, -0.25) is 0 Å². The number of nitrogens with zero attached hydrogens (tertiary/aromatic N) is 3. The quantitative estimate of drug-likeness (QED) is 0.705. The van der Waals surface area contributed by atoms with Gasteiger partial charge in [-0.15, -0.1) is 0 Å². The number of nitriles is 2. The van der Waals surface area contributed by atoms with Gasteiger partial charge in [-0.05, 0) is 23.8 Å². The number of pyridine rings is 1. The molecule has 0 aliphatic rings. The van der Waals surface area contributed by atoms with Gasteiger partial charge in [0.05, 0.1) is 0 Å². The molecule has 0 amide bonds. The van der Waals surface area contributed by atoms with Gasteiger partial charge in [-0.2, -0.15) is 10.5 Å². The summed E-state index contributed by atoms with van der Waals surface area (Å²) >= 11 is 0. The molecule has 0 aliphatic carbocycles. The predicted octanol–water partition coefficient (Wildman–Crippen LogP) is 1.99. The SMILES string of the molecule is N#CC(C#N)=Cc1cnc2[nH]ccc2c1. The molecule has 0 spiro atoms. The van der Waals surface area contributed by atoms with Crippen LogP contribution in [0.15, 0.2) is 30.1 Å². The van der Waals surface area contributed by atoms with Gasteiger partial charge in [-0.25, -0.2) is 4.98 Å². The van der Waals surface area contributed by atoms with Crippen molar-refractivity contribution >= 4 is 17.1 Å². The van der Waals surface area contributed by atoms with Gasteiger partial charge in [-0.1, -0.05) is 0 Å².